The van der Waals surface area contributed by atoms with Crippen LogP contribution in [0.3, 0.4) is 0 Å². The lowest BCUT2D eigenvalue weighted by atomic mass is 10.1. The van der Waals surface area contributed by atoms with Gasteiger partial charge >= 0.3 is 0 Å². The number of nitrogens with zero attached hydrogens (tertiary/aromatic N) is 2. The fourth-order valence-electron chi connectivity index (χ4n) is 3.13. The molecule has 1 N–H and O–H groups in total. The second-order valence-corrected chi connectivity index (χ2v) is 6.66. The molecule has 1 saturated heterocycles. The summed E-state index contributed by atoms with van der Waals surface area (Å²) in [5.74, 6) is -0.0375. The molecular weight excluding hydrogens is 333 g/mol. The van der Waals surface area contributed by atoms with Gasteiger partial charge in [-0.25, -0.2) is 0 Å². The number of amides is 1. The molecule has 4 nitrogen and oxygen atoms in total. The van der Waals surface area contributed by atoms with Crippen LogP contribution in [0, 0.1) is 0 Å². The first-order chi connectivity index (χ1) is 11.0. The third-order valence-corrected chi connectivity index (χ3v) is 4.98. The van der Waals surface area contributed by atoms with E-state index in [-0.39, 0.29) is 5.91 Å². The quantitative estimate of drug-likeness (QED) is 0.899. The minimum absolute atomic E-state index is 0.0375. The molecule has 1 fully saturated rings. The Morgan fingerprint density at radius 2 is 2.13 bits per heavy atom. The molecule has 3 rings (SSSR count). The van der Waals surface area contributed by atoms with Gasteiger partial charge in [-0.05, 0) is 49.7 Å². The Labute approximate surface area is 146 Å². The van der Waals surface area contributed by atoms with Gasteiger partial charge in [0.1, 0.15) is 0 Å². The first-order valence-corrected chi connectivity index (χ1v) is 8.40. The van der Waals surface area contributed by atoms with E-state index in [1.54, 1.807) is 18.2 Å². The molecule has 0 unspecified atom stereocenters. The summed E-state index contributed by atoms with van der Waals surface area (Å²) in [5, 5.41) is 3.80. The van der Waals surface area contributed by atoms with Crippen LogP contribution in [0.2, 0.25) is 10.0 Å². The van der Waals surface area contributed by atoms with Gasteiger partial charge in [-0.1, -0.05) is 23.2 Å². The number of carbonyl (C=O) groups is 1. The van der Waals surface area contributed by atoms with E-state index in [2.05, 4.69) is 20.9 Å². The number of nitrogens with one attached hydrogen (secondary N) is 1. The Hall–Kier alpha value is -1.49. The summed E-state index contributed by atoms with van der Waals surface area (Å²) < 4.78 is 2.12. The third-order valence-electron chi connectivity index (χ3n) is 4.24. The molecule has 0 radical (unpaired) electrons. The van der Waals surface area contributed by atoms with E-state index in [4.69, 9.17) is 23.2 Å². The number of halogens is 2. The molecule has 23 heavy (non-hydrogen) atoms. The van der Waals surface area contributed by atoms with Crippen molar-refractivity contribution in [1.29, 1.82) is 0 Å². The average Bonchev–Trinajstić information content (AvgIpc) is 3.11. The number of anilines is 1. The minimum atomic E-state index is -0.0375. The summed E-state index contributed by atoms with van der Waals surface area (Å²) >= 11 is 11.9. The highest BCUT2D eigenvalue weighted by atomic mass is 35.5. The summed E-state index contributed by atoms with van der Waals surface area (Å²) in [6.45, 7) is 1.31. The lowest BCUT2D eigenvalue weighted by Crippen LogP contribution is -2.33. The van der Waals surface area contributed by atoms with Gasteiger partial charge in [0.2, 0.25) is 5.91 Å². The van der Waals surface area contributed by atoms with E-state index in [1.165, 1.54) is 5.69 Å². The standard InChI is InChI=1S/C17H19Cl2N3O/c1-21-8-2-4-15(21)16-5-3-9-22(16)11-17(23)20-12-6-7-13(18)14(19)10-12/h2,4,6-8,10,16H,3,5,9,11H2,1H3,(H,20,23)/t16-/m0/s1. The van der Waals surface area contributed by atoms with Crippen LogP contribution in [0.1, 0.15) is 24.6 Å². The predicted octanol–water partition coefficient (Wildman–Crippen LogP) is 4.11. The van der Waals surface area contributed by atoms with Crippen molar-refractivity contribution < 1.29 is 4.79 Å². The van der Waals surface area contributed by atoms with Crippen molar-refractivity contribution in [3.8, 4) is 0 Å². The van der Waals surface area contributed by atoms with Crippen LogP contribution in [0.4, 0.5) is 5.69 Å². The lowest BCUT2D eigenvalue weighted by molar-refractivity contribution is -0.117. The molecule has 1 amide bonds. The number of hydrogen-bond donors (Lipinski definition) is 1. The van der Waals surface area contributed by atoms with Crippen LogP contribution < -0.4 is 5.32 Å². The summed E-state index contributed by atoms with van der Waals surface area (Å²) in [4.78, 5) is 14.6. The van der Waals surface area contributed by atoms with E-state index < -0.39 is 0 Å². The van der Waals surface area contributed by atoms with Crippen LogP contribution >= 0.6 is 23.2 Å². The van der Waals surface area contributed by atoms with Gasteiger partial charge in [-0.3, -0.25) is 9.69 Å². The van der Waals surface area contributed by atoms with Crippen molar-refractivity contribution in [2.75, 3.05) is 18.4 Å². The van der Waals surface area contributed by atoms with Crippen molar-refractivity contribution in [3.05, 3.63) is 52.3 Å². The maximum Gasteiger partial charge on any atom is 0.238 e. The van der Waals surface area contributed by atoms with Gasteiger partial charge in [0, 0.05) is 24.6 Å². The number of benzene rings is 1. The Morgan fingerprint density at radius 1 is 1.30 bits per heavy atom. The molecule has 1 aliphatic rings. The molecule has 2 aromatic rings. The van der Waals surface area contributed by atoms with Crippen LogP contribution in [0.5, 0.6) is 0 Å². The Balaban J connectivity index is 1.65. The molecule has 0 spiro atoms. The van der Waals surface area contributed by atoms with Crippen molar-refractivity contribution in [2.24, 2.45) is 7.05 Å². The number of likely N-dealkylation sites (tertiary alicyclic amines) is 1. The zero-order chi connectivity index (χ0) is 16.4. The lowest BCUT2D eigenvalue weighted by Gasteiger charge is -2.24. The van der Waals surface area contributed by atoms with Crippen LogP contribution in [-0.4, -0.2) is 28.5 Å². The number of aryl methyl sites for hydroxylation is 1. The largest absolute Gasteiger partial charge is 0.353 e. The minimum Gasteiger partial charge on any atom is -0.353 e. The van der Waals surface area contributed by atoms with E-state index in [0.717, 1.165) is 19.4 Å². The summed E-state index contributed by atoms with van der Waals surface area (Å²) in [6, 6.07) is 9.57. The number of rotatable bonds is 4. The first-order valence-electron chi connectivity index (χ1n) is 7.65. The molecule has 1 aromatic carbocycles. The first kappa shape index (κ1) is 16.4. The van der Waals surface area contributed by atoms with Crippen molar-refractivity contribution in [1.82, 2.24) is 9.47 Å². The second-order valence-electron chi connectivity index (χ2n) is 5.85. The average molecular weight is 352 g/mol. The monoisotopic (exact) mass is 351 g/mol. The van der Waals surface area contributed by atoms with E-state index in [0.29, 0.717) is 28.3 Å². The molecule has 122 valence electrons. The van der Waals surface area contributed by atoms with E-state index >= 15 is 0 Å². The Kier molecular flexibility index (Phi) is 4.95. The van der Waals surface area contributed by atoms with Gasteiger partial charge in [0.15, 0.2) is 0 Å². The molecule has 1 aromatic heterocycles. The summed E-state index contributed by atoms with van der Waals surface area (Å²) in [7, 11) is 2.04. The normalized spacial score (nSPS) is 18.3. The Bertz CT molecular complexity index is 714. The third kappa shape index (κ3) is 3.71. The molecule has 0 aliphatic carbocycles. The second kappa shape index (κ2) is 6.95. The Morgan fingerprint density at radius 3 is 2.83 bits per heavy atom. The molecule has 0 saturated carbocycles. The highest BCUT2D eigenvalue weighted by molar-refractivity contribution is 6.42. The number of aromatic nitrogens is 1. The maximum absolute atomic E-state index is 12.3. The van der Waals surface area contributed by atoms with Gasteiger partial charge in [0.25, 0.3) is 0 Å². The topological polar surface area (TPSA) is 37.3 Å². The van der Waals surface area contributed by atoms with Gasteiger partial charge in [-0.15, -0.1) is 0 Å². The molecule has 6 heteroatoms. The van der Waals surface area contributed by atoms with Gasteiger partial charge < -0.3 is 9.88 Å². The van der Waals surface area contributed by atoms with Crippen molar-refractivity contribution in [3.63, 3.8) is 0 Å². The van der Waals surface area contributed by atoms with Crippen LogP contribution in [0.15, 0.2) is 36.5 Å². The summed E-state index contributed by atoms with van der Waals surface area (Å²) in [5.41, 5.74) is 1.92. The maximum atomic E-state index is 12.3. The predicted molar refractivity (Wildman–Crippen MR) is 94.1 cm³/mol. The SMILES string of the molecule is Cn1cccc1[C@@H]1CCCN1CC(=O)Nc1ccc(Cl)c(Cl)c1. The van der Waals surface area contributed by atoms with Crippen LogP contribution in [0.25, 0.3) is 0 Å². The fraction of sp³-hybridized carbons (Fsp3) is 0.353. The summed E-state index contributed by atoms with van der Waals surface area (Å²) in [6.07, 6.45) is 4.23. The van der Waals surface area contributed by atoms with Crippen LogP contribution in [-0.2, 0) is 11.8 Å². The fourth-order valence-corrected chi connectivity index (χ4v) is 3.43. The van der Waals surface area contributed by atoms with Gasteiger partial charge in [0.05, 0.1) is 22.6 Å². The zero-order valence-electron chi connectivity index (χ0n) is 12.9. The molecule has 2 heterocycles. The highest BCUT2D eigenvalue weighted by Gasteiger charge is 2.28. The molecule has 1 aliphatic heterocycles. The van der Waals surface area contributed by atoms with Crippen molar-refractivity contribution in [2.45, 2.75) is 18.9 Å². The number of carbonyl (C=O) groups excluding carboxylic acids is 1. The smallest absolute Gasteiger partial charge is 0.238 e. The number of hydrogen-bond acceptors (Lipinski definition) is 2. The molecule has 1 atom stereocenters. The van der Waals surface area contributed by atoms with E-state index in [9.17, 15) is 4.79 Å². The van der Waals surface area contributed by atoms with E-state index in [1.807, 2.05) is 19.3 Å². The zero-order valence-corrected chi connectivity index (χ0v) is 14.4. The van der Waals surface area contributed by atoms with Gasteiger partial charge in [-0.2, -0.15) is 0 Å². The molecule has 0 bridgehead atoms. The molecular formula is C17H19Cl2N3O. The highest BCUT2D eigenvalue weighted by Crippen LogP contribution is 2.31. The van der Waals surface area contributed by atoms with Crippen molar-refractivity contribution >= 4 is 34.8 Å².